The van der Waals surface area contributed by atoms with E-state index in [-0.39, 0.29) is 11.9 Å². The zero-order chi connectivity index (χ0) is 11.5. The Morgan fingerprint density at radius 3 is 2.81 bits per heavy atom. The van der Waals surface area contributed by atoms with Gasteiger partial charge in [-0.2, -0.15) is 0 Å². The van der Waals surface area contributed by atoms with E-state index < -0.39 is 0 Å². The van der Waals surface area contributed by atoms with Crippen LogP contribution < -0.4 is 5.32 Å². The van der Waals surface area contributed by atoms with Crippen LogP contribution in [0.3, 0.4) is 0 Å². The van der Waals surface area contributed by atoms with Gasteiger partial charge >= 0.3 is 0 Å². The number of likely N-dealkylation sites (tertiary alicyclic amines) is 1. The van der Waals surface area contributed by atoms with Gasteiger partial charge < -0.3 is 10.2 Å². The van der Waals surface area contributed by atoms with Crippen LogP contribution in [-0.4, -0.2) is 34.9 Å². The molecule has 1 amide bonds. The molecule has 0 spiro atoms. The molecular formula is C11H17N3OS. The van der Waals surface area contributed by atoms with Crippen molar-refractivity contribution in [2.45, 2.75) is 32.7 Å². The first-order valence-electron chi connectivity index (χ1n) is 5.64. The number of thiazole rings is 1. The summed E-state index contributed by atoms with van der Waals surface area (Å²) < 4.78 is 0. The van der Waals surface area contributed by atoms with Gasteiger partial charge in [0.2, 0.25) is 5.91 Å². The Morgan fingerprint density at radius 2 is 2.25 bits per heavy atom. The van der Waals surface area contributed by atoms with Crippen LogP contribution in [0.25, 0.3) is 0 Å². The Bertz CT molecular complexity index is 371. The molecular weight excluding hydrogens is 222 g/mol. The number of anilines is 1. The normalized spacial score (nSPS) is 17.5. The molecule has 1 aromatic heterocycles. The highest BCUT2D eigenvalue weighted by Gasteiger charge is 2.23. The molecule has 1 saturated heterocycles. The van der Waals surface area contributed by atoms with Crippen LogP contribution in [0.2, 0.25) is 0 Å². The van der Waals surface area contributed by atoms with Gasteiger partial charge in [-0.05, 0) is 26.7 Å². The SMILES string of the molecule is Cc1csc(NC(C)C(=O)N2CCCC2)n1. The molecule has 88 valence electrons. The molecule has 1 fully saturated rings. The van der Waals surface area contributed by atoms with Crippen LogP contribution in [0.4, 0.5) is 5.13 Å². The molecule has 0 saturated carbocycles. The van der Waals surface area contributed by atoms with Crippen molar-refractivity contribution < 1.29 is 4.79 Å². The third-order valence-corrected chi connectivity index (χ3v) is 3.64. The van der Waals surface area contributed by atoms with Crippen LogP contribution in [0, 0.1) is 6.92 Å². The summed E-state index contributed by atoms with van der Waals surface area (Å²) in [4.78, 5) is 18.2. The Kier molecular flexibility index (Phi) is 3.43. The molecule has 0 aromatic carbocycles. The first-order valence-corrected chi connectivity index (χ1v) is 6.52. The summed E-state index contributed by atoms with van der Waals surface area (Å²) in [6.07, 6.45) is 2.27. The standard InChI is InChI=1S/C11H17N3OS/c1-8-7-16-11(12-8)13-9(2)10(15)14-5-3-4-6-14/h7,9H,3-6H2,1-2H3,(H,12,13). The number of nitrogens with one attached hydrogen (secondary N) is 1. The Hall–Kier alpha value is -1.10. The van der Waals surface area contributed by atoms with Crippen molar-refractivity contribution in [2.75, 3.05) is 18.4 Å². The lowest BCUT2D eigenvalue weighted by molar-refractivity contribution is -0.130. The number of aryl methyl sites for hydroxylation is 1. The summed E-state index contributed by atoms with van der Waals surface area (Å²) >= 11 is 1.54. The van der Waals surface area contributed by atoms with Crippen LogP contribution >= 0.6 is 11.3 Å². The van der Waals surface area contributed by atoms with Gasteiger partial charge in [-0.1, -0.05) is 0 Å². The van der Waals surface area contributed by atoms with E-state index in [9.17, 15) is 4.79 Å². The minimum Gasteiger partial charge on any atom is -0.350 e. The predicted octanol–water partition coefficient (Wildman–Crippen LogP) is 1.87. The topological polar surface area (TPSA) is 45.2 Å². The zero-order valence-electron chi connectivity index (χ0n) is 9.69. The molecule has 0 aliphatic carbocycles. The predicted molar refractivity (Wildman–Crippen MR) is 65.7 cm³/mol. The molecule has 0 radical (unpaired) electrons. The van der Waals surface area contributed by atoms with E-state index in [1.807, 2.05) is 24.1 Å². The van der Waals surface area contributed by atoms with Crippen LogP contribution in [0.1, 0.15) is 25.5 Å². The number of hydrogen-bond donors (Lipinski definition) is 1. The smallest absolute Gasteiger partial charge is 0.244 e. The van der Waals surface area contributed by atoms with E-state index in [4.69, 9.17) is 0 Å². The van der Waals surface area contributed by atoms with Crippen LogP contribution in [0.15, 0.2) is 5.38 Å². The summed E-state index contributed by atoms with van der Waals surface area (Å²) in [5, 5.41) is 5.97. The van der Waals surface area contributed by atoms with Gasteiger partial charge in [0, 0.05) is 18.5 Å². The van der Waals surface area contributed by atoms with Crippen LogP contribution in [-0.2, 0) is 4.79 Å². The largest absolute Gasteiger partial charge is 0.350 e. The summed E-state index contributed by atoms with van der Waals surface area (Å²) in [6.45, 7) is 5.66. The second-order valence-electron chi connectivity index (χ2n) is 4.19. The van der Waals surface area contributed by atoms with Gasteiger partial charge in [-0.25, -0.2) is 4.98 Å². The van der Waals surface area contributed by atoms with Gasteiger partial charge in [0.15, 0.2) is 5.13 Å². The van der Waals surface area contributed by atoms with Crippen molar-refractivity contribution in [3.05, 3.63) is 11.1 Å². The van der Waals surface area contributed by atoms with E-state index in [0.29, 0.717) is 0 Å². The molecule has 1 N–H and O–H groups in total. The minimum atomic E-state index is -0.177. The molecule has 1 aliphatic heterocycles. The molecule has 1 unspecified atom stereocenters. The second kappa shape index (κ2) is 4.82. The Labute approximate surface area is 99.7 Å². The van der Waals surface area contributed by atoms with Gasteiger partial charge in [0.25, 0.3) is 0 Å². The van der Waals surface area contributed by atoms with Crippen LogP contribution in [0.5, 0.6) is 0 Å². The number of amides is 1. The van der Waals surface area contributed by atoms with E-state index in [2.05, 4.69) is 10.3 Å². The van der Waals surface area contributed by atoms with E-state index >= 15 is 0 Å². The Morgan fingerprint density at radius 1 is 1.56 bits per heavy atom. The Balaban J connectivity index is 1.91. The van der Waals surface area contributed by atoms with Gasteiger partial charge in [0.1, 0.15) is 6.04 Å². The minimum absolute atomic E-state index is 0.177. The third kappa shape index (κ3) is 2.52. The van der Waals surface area contributed by atoms with E-state index in [0.717, 1.165) is 36.8 Å². The number of aromatic nitrogens is 1. The lowest BCUT2D eigenvalue weighted by Gasteiger charge is -2.20. The highest BCUT2D eigenvalue weighted by Crippen LogP contribution is 2.17. The average Bonchev–Trinajstić information content (AvgIpc) is 2.88. The third-order valence-electron chi connectivity index (χ3n) is 2.75. The van der Waals surface area contributed by atoms with Gasteiger partial charge in [0.05, 0.1) is 5.69 Å². The lowest BCUT2D eigenvalue weighted by atomic mass is 10.3. The highest BCUT2D eigenvalue weighted by molar-refractivity contribution is 7.13. The fraction of sp³-hybridized carbons (Fsp3) is 0.636. The summed E-state index contributed by atoms with van der Waals surface area (Å²) in [5.74, 6) is 0.186. The fourth-order valence-corrected chi connectivity index (χ4v) is 2.65. The van der Waals surface area contributed by atoms with Gasteiger partial charge in [-0.3, -0.25) is 4.79 Å². The number of nitrogens with zero attached hydrogens (tertiary/aromatic N) is 2. The average molecular weight is 239 g/mol. The van der Waals surface area contributed by atoms with Crippen molar-refractivity contribution in [1.82, 2.24) is 9.88 Å². The van der Waals surface area contributed by atoms with Crippen molar-refractivity contribution >= 4 is 22.4 Å². The van der Waals surface area contributed by atoms with Gasteiger partial charge in [-0.15, -0.1) is 11.3 Å². The van der Waals surface area contributed by atoms with Crippen molar-refractivity contribution in [3.8, 4) is 0 Å². The number of rotatable bonds is 3. The molecule has 2 heterocycles. The number of carbonyl (C=O) groups excluding carboxylic acids is 1. The molecule has 0 bridgehead atoms. The molecule has 1 atom stereocenters. The molecule has 1 aliphatic rings. The maximum Gasteiger partial charge on any atom is 0.244 e. The maximum atomic E-state index is 12.0. The fourth-order valence-electron chi connectivity index (χ4n) is 1.88. The van der Waals surface area contributed by atoms with Crippen molar-refractivity contribution in [3.63, 3.8) is 0 Å². The lowest BCUT2D eigenvalue weighted by Crippen LogP contribution is -2.39. The molecule has 5 heteroatoms. The molecule has 16 heavy (non-hydrogen) atoms. The molecule has 2 rings (SSSR count). The van der Waals surface area contributed by atoms with E-state index in [1.54, 1.807) is 11.3 Å². The van der Waals surface area contributed by atoms with E-state index in [1.165, 1.54) is 0 Å². The zero-order valence-corrected chi connectivity index (χ0v) is 10.5. The summed E-state index contributed by atoms with van der Waals surface area (Å²) in [5.41, 5.74) is 0.994. The number of hydrogen-bond acceptors (Lipinski definition) is 4. The molecule has 4 nitrogen and oxygen atoms in total. The summed E-state index contributed by atoms with van der Waals surface area (Å²) in [6, 6.07) is -0.177. The number of carbonyl (C=O) groups is 1. The highest BCUT2D eigenvalue weighted by atomic mass is 32.1. The first-order chi connectivity index (χ1) is 7.66. The van der Waals surface area contributed by atoms with Crippen molar-refractivity contribution in [1.29, 1.82) is 0 Å². The maximum absolute atomic E-state index is 12.0. The van der Waals surface area contributed by atoms with Crippen molar-refractivity contribution in [2.24, 2.45) is 0 Å². The monoisotopic (exact) mass is 239 g/mol. The quantitative estimate of drug-likeness (QED) is 0.876. The summed E-state index contributed by atoms with van der Waals surface area (Å²) in [7, 11) is 0. The molecule has 1 aromatic rings. The second-order valence-corrected chi connectivity index (χ2v) is 5.05. The first kappa shape index (κ1) is 11.4.